The topological polar surface area (TPSA) is 80.0 Å². The number of nitrogens with zero attached hydrogens (tertiary/aromatic N) is 2. The summed E-state index contributed by atoms with van der Waals surface area (Å²) in [4.78, 5) is 15.8. The number of aromatic nitrogens is 2. The molecule has 1 amide bonds. The minimum Gasteiger partial charge on any atom is -0.355 e. The van der Waals surface area contributed by atoms with Crippen LogP contribution < -0.4 is 10.6 Å². The molecule has 0 bridgehead atoms. The second-order valence-electron chi connectivity index (χ2n) is 4.70. The van der Waals surface area contributed by atoms with Crippen LogP contribution >= 0.6 is 0 Å². The molecule has 108 valence electrons. The van der Waals surface area contributed by atoms with Crippen LogP contribution in [-0.2, 0) is 17.6 Å². The summed E-state index contributed by atoms with van der Waals surface area (Å²) in [7, 11) is 1.88. The van der Waals surface area contributed by atoms with Crippen molar-refractivity contribution in [1.82, 2.24) is 20.8 Å². The third kappa shape index (κ3) is 6.33. The molecule has 0 fully saturated rings. The summed E-state index contributed by atoms with van der Waals surface area (Å²) in [5.74, 6) is 1.44. The van der Waals surface area contributed by atoms with Crippen LogP contribution in [0.25, 0.3) is 0 Å². The van der Waals surface area contributed by atoms with E-state index in [4.69, 9.17) is 4.52 Å². The molecule has 0 aliphatic rings. The third-order valence-electron chi connectivity index (χ3n) is 2.88. The Hall–Kier alpha value is -1.43. The highest BCUT2D eigenvalue weighted by molar-refractivity contribution is 5.75. The van der Waals surface area contributed by atoms with E-state index in [1.54, 1.807) is 0 Å². The highest BCUT2D eigenvalue weighted by Gasteiger charge is 2.07. The maximum Gasteiger partial charge on any atom is 0.226 e. The number of hydrogen-bond acceptors (Lipinski definition) is 5. The molecule has 1 atom stereocenters. The number of nitrogens with one attached hydrogen (secondary N) is 2. The number of aryl methyl sites for hydroxylation is 2. The average molecular weight is 268 g/mol. The van der Waals surface area contributed by atoms with Crippen molar-refractivity contribution in [2.24, 2.45) is 0 Å². The maximum absolute atomic E-state index is 11.6. The van der Waals surface area contributed by atoms with Gasteiger partial charge in [0.1, 0.15) is 0 Å². The minimum absolute atomic E-state index is 0.0652. The number of carbonyl (C=O) groups is 1. The number of amides is 1. The first-order chi connectivity index (χ1) is 9.15. The van der Waals surface area contributed by atoms with E-state index in [2.05, 4.69) is 27.7 Å². The van der Waals surface area contributed by atoms with Crippen molar-refractivity contribution in [3.05, 3.63) is 11.7 Å². The fourth-order valence-electron chi connectivity index (χ4n) is 1.57. The molecule has 0 spiro atoms. The molecule has 19 heavy (non-hydrogen) atoms. The highest BCUT2D eigenvalue weighted by Crippen LogP contribution is 2.04. The van der Waals surface area contributed by atoms with Gasteiger partial charge in [0.15, 0.2) is 5.82 Å². The average Bonchev–Trinajstić information content (AvgIpc) is 2.84. The van der Waals surface area contributed by atoms with Crippen molar-refractivity contribution in [1.29, 1.82) is 0 Å². The minimum atomic E-state index is 0.0652. The largest absolute Gasteiger partial charge is 0.355 e. The Bertz CT molecular complexity index is 378. The van der Waals surface area contributed by atoms with Gasteiger partial charge >= 0.3 is 0 Å². The van der Waals surface area contributed by atoms with Crippen LogP contribution in [0.1, 0.15) is 44.8 Å². The summed E-state index contributed by atoms with van der Waals surface area (Å²) in [6.07, 6.45) is 3.72. The lowest BCUT2D eigenvalue weighted by molar-refractivity contribution is -0.121. The number of hydrogen-bond donors (Lipinski definition) is 2. The van der Waals surface area contributed by atoms with E-state index in [1.165, 1.54) is 0 Å². The lowest BCUT2D eigenvalue weighted by Crippen LogP contribution is -2.37. The van der Waals surface area contributed by atoms with E-state index in [1.807, 2.05) is 14.0 Å². The Balaban J connectivity index is 2.16. The summed E-state index contributed by atoms with van der Waals surface area (Å²) < 4.78 is 5.11. The Kier molecular flexibility index (Phi) is 7.10. The quantitative estimate of drug-likeness (QED) is 0.700. The smallest absolute Gasteiger partial charge is 0.226 e. The maximum atomic E-state index is 11.6. The van der Waals surface area contributed by atoms with Crippen molar-refractivity contribution in [3.8, 4) is 0 Å². The monoisotopic (exact) mass is 268 g/mol. The SMILES string of the molecule is CCCc1noc(CCCC(=O)NCC(C)NC)n1. The molecule has 6 nitrogen and oxygen atoms in total. The molecule has 0 saturated heterocycles. The Morgan fingerprint density at radius 1 is 1.42 bits per heavy atom. The van der Waals surface area contributed by atoms with Gasteiger partial charge in [0.2, 0.25) is 11.8 Å². The van der Waals surface area contributed by atoms with Crippen LogP contribution in [0.2, 0.25) is 0 Å². The fourth-order valence-corrected chi connectivity index (χ4v) is 1.57. The molecule has 0 aromatic carbocycles. The number of likely N-dealkylation sites (N-methyl/N-ethyl adjacent to an activating group) is 1. The predicted octanol–water partition coefficient (Wildman–Crippen LogP) is 1.07. The zero-order chi connectivity index (χ0) is 14.1. The van der Waals surface area contributed by atoms with Crippen LogP contribution in [0.15, 0.2) is 4.52 Å². The molecule has 0 aliphatic carbocycles. The molecule has 6 heteroatoms. The molecular weight excluding hydrogens is 244 g/mol. The molecule has 1 unspecified atom stereocenters. The Morgan fingerprint density at radius 2 is 2.21 bits per heavy atom. The van der Waals surface area contributed by atoms with Crippen LogP contribution in [0.3, 0.4) is 0 Å². The highest BCUT2D eigenvalue weighted by atomic mass is 16.5. The van der Waals surface area contributed by atoms with Crippen molar-refractivity contribution < 1.29 is 9.32 Å². The normalized spacial score (nSPS) is 12.4. The van der Waals surface area contributed by atoms with Gasteiger partial charge in [-0.25, -0.2) is 0 Å². The van der Waals surface area contributed by atoms with E-state index in [0.29, 0.717) is 25.3 Å². The molecule has 0 aliphatic heterocycles. The van der Waals surface area contributed by atoms with E-state index in [9.17, 15) is 4.79 Å². The standard InChI is InChI=1S/C13H24N4O2/c1-4-6-11-16-13(19-17-11)8-5-7-12(18)15-9-10(2)14-3/h10,14H,4-9H2,1-3H3,(H,15,18). The first-order valence-electron chi connectivity index (χ1n) is 6.91. The van der Waals surface area contributed by atoms with Crippen molar-refractivity contribution in [3.63, 3.8) is 0 Å². The van der Waals surface area contributed by atoms with Gasteiger partial charge in [0.25, 0.3) is 0 Å². The van der Waals surface area contributed by atoms with Gasteiger partial charge in [0.05, 0.1) is 0 Å². The van der Waals surface area contributed by atoms with E-state index < -0.39 is 0 Å². The number of carbonyl (C=O) groups excluding carboxylic acids is 1. The van der Waals surface area contributed by atoms with Crippen LogP contribution in [0.4, 0.5) is 0 Å². The lowest BCUT2D eigenvalue weighted by Gasteiger charge is -2.10. The summed E-state index contributed by atoms with van der Waals surface area (Å²) in [5.41, 5.74) is 0. The van der Waals surface area contributed by atoms with E-state index in [0.717, 1.165) is 25.1 Å². The van der Waals surface area contributed by atoms with Gasteiger partial charge in [-0.1, -0.05) is 12.1 Å². The fraction of sp³-hybridized carbons (Fsp3) is 0.769. The van der Waals surface area contributed by atoms with Gasteiger partial charge in [-0.3, -0.25) is 4.79 Å². The zero-order valence-corrected chi connectivity index (χ0v) is 12.0. The molecule has 0 saturated carbocycles. The summed E-state index contributed by atoms with van der Waals surface area (Å²) in [6.45, 7) is 4.75. The molecule has 1 heterocycles. The second kappa shape index (κ2) is 8.63. The summed E-state index contributed by atoms with van der Waals surface area (Å²) >= 11 is 0. The molecule has 0 radical (unpaired) electrons. The Labute approximate surface area is 114 Å². The van der Waals surface area contributed by atoms with Gasteiger partial charge in [-0.05, 0) is 26.8 Å². The molecule has 2 N–H and O–H groups in total. The van der Waals surface area contributed by atoms with Gasteiger partial charge in [-0.15, -0.1) is 0 Å². The van der Waals surface area contributed by atoms with Crippen molar-refractivity contribution in [2.75, 3.05) is 13.6 Å². The third-order valence-corrected chi connectivity index (χ3v) is 2.88. The molecule has 1 rings (SSSR count). The first-order valence-corrected chi connectivity index (χ1v) is 6.91. The van der Waals surface area contributed by atoms with Gasteiger partial charge < -0.3 is 15.2 Å². The Morgan fingerprint density at radius 3 is 2.89 bits per heavy atom. The summed E-state index contributed by atoms with van der Waals surface area (Å²) in [5, 5.41) is 9.83. The molecular formula is C13H24N4O2. The van der Waals surface area contributed by atoms with E-state index in [-0.39, 0.29) is 11.9 Å². The number of rotatable bonds is 9. The van der Waals surface area contributed by atoms with Crippen LogP contribution in [0.5, 0.6) is 0 Å². The molecule has 1 aromatic rings. The van der Waals surface area contributed by atoms with Crippen molar-refractivity contribution in [2.45, 2.75) is 52.0 Å². The van der Waals surface area contributed by atoms with Gasteiger partial charge in [-0.2, -0.15) is 4.98 Å². The zero-order valence-electron chi connectivity index (χ0n) is 12.0. The molecule has 1 aromatic heterocycles. The summed E-state index contributed by atoms with van der Waals surface area (Å²) in [6, 6.07) is 0.288. The van der Waals surface area contributed by atoms with Crippen LogP contribution in [0, 0.1) is 0 Å². The van der Waals surface area contributed by atoms with Gasteiger partial charge in [0, 0.05) is 31.8 Å². The van der Waals surface area contributed by atoms with Crippen molar-refractivity contribution >= 4 is 5.91 Å². The van der Waals surface area contributed by atoms with E-state index >= 15 is 0 Å². The first kappa shape index (κ1) is 15.6. The second-order valence-corrected chi connectivity index (χ2v) is 4.70. The lowest BCUT2D eigenvalue weighted by atomic mass is 10.2. The predicted molar refractivity (Wildman–Crippen MR) is 72.8 cm³/mol. The van der Waals surface area contributed by atoms with Crippen LogP contribution in [-0.4, -0.2) is 35.7 Å².